The minimum atomic E-state index is -3.66. The molecule has 0 spiro atoms. The molecule has 1 N–H and O–H groups in total. The van der Waals surface area contributed by atoms with Gasteiger partial charge in [0.15, 0.2) is 0 Å². The lowest BCUT2D eigenvalue weighted by Crippen LogP contribution is -2.53. The number of nitrogens with one attached hydrogen (secondary N) is 1. The smallest absolute Gasteiger partial charge is 0.243 e. The summed E-state index contributed by atoms with van der Waals surface area (Å²) in [4.78, 5) is 28.0. The summed E-state index contributed by atoms with van der Waals surface area (Å²) in [7, 11) is -2.17. The Morgan fingerprint density at radius 1 is 1.03 bits per heavy atom. The number of rotatable bonds is 11. The molecule has 0 unspecified atom stereocenters. The zero-order valence-corrected chi connectivity index (χ0v) is 21.9. The highest BCUT2D eigenvalue weighted by Gasteiger charge is 2.30. The van der Waals surface area contributed by atoms with E-state index in [2.05, 4.69) is 5.32 Å². The van der Waals surface area contributed by atoms with Crippen LogP contribution < -0.4 is 5.32 Å². The molecule has 0 saturated heterocycles. The van der Waals surface area contributed by atoms with Crippen molar-refractivity contribution in [2.45, 2.75) is 70.0 Å². The number of nitrogens with zero attached hydrogens (tertiary/aromatic N) is 2. The van der Waals surface area contributed by atoms with Gasteiger partial charge in [0, 0.05) is 32.1 Å². The Balaban J connectivity index is 2.15. The van der Waals surface area contributed by atoms with Gasteiger partial charge in [0.1, 0.15) is 11.9 Å². The Kier molecular flexibility index (Phi) is 9.97. The lowest BCUT2D eigenvalue weighted by atomic mass is 10.0. The van der Waals surface area contributed by atoms with Gasteiger partial charge in [0.05, 0.1) is 4.90 Å². The Morgan fingerprint density at radius 3 is 2.17 bits per heavy atom. The number of sulfonamides is 1. The quantitative estimate of drug-likeness (QED) is 0.501. The monoisotopic (exact) mass is 505 g/mol. The molecule has 0 bridgehead atoms. The van der Waals surface area contributed by atoms with Gasteiger partial charge in [0.25, 0.3) is 0 Å². The number of carbonyl (C=O) groups excluding carboxylic acids is 2. The normalized spacial score (nSPS) is 12.9. The third kappa shape index (κ3) is 8.43. The van der Waals surface area contributed by atoms with E-state index in [0.29, 0.717) is 18.4 Å². The molecular weight excluding hydrogens is 469 g/mol. The molecule has 2 aromatic rings. The Labute approximate surface area is 208 Å². The summed E-state index contributed by atoms with van der Waals surface area (Å²) in [6.07, 6.45) is 0.755. The highest BCUT2D eigenvalue weighted by Crippen LogP contribution is 2.18. The molecular formula is C26H36FN3O4S. The minimum absolute atomic E-state index is 0.0646. The van der Waals surface area contributed by atoms with Crippen LogP contribution >= 0.6 is 0 Å². The van der Waals surface area contributed by atoms with E-state index in [9.17, 15) is 22.4 Å². The second-order valence-electron chi connectivity index (χ2n) is 9.55. The molecule has 35 heavy (non-hydrogen) atoms. The van der Waals surface area contributed by atoms with Gasteiger partial charge in [-0.25, -0.2) is 17.1 Å². The molecule has 9 heteroatoms. The zero-order valence-electron chi connectivity index (χ0n) is 21.1. The highest BCUT2D eigenvalue weighted by molar-refractivity contribution is 7.89. The van der Waals surface area contributed by atoms with Crippen molar-refractivity contribution in [1.29, 1.82) is 0 Å². The van der Waals surface area contributed by atoms with Crippen molar-refractivity contribution in [2.24, 2.45) is 0 Å². The molecule has 192 valence electrons. The molecule has 2 amide bonds. The lowest BCUT2D eigenvalue weighted by molar-refractivity contribution is -0.142. The van der Waals surface area contributed by atoms with Crippen LogP contribution in [0.15, 0.2) is 59.5 Å². The van der Waals surface area contributed by atoms with Crippen LogP contribution in [0.5, 0.6) is 0 Å². The van der Waals surface area contributed by atoms with E-state index in [1.165, 1.54) is 40.5 Å². The van der Waals surface area contributed by atoms with Crippen LogP contribution in [0.3, 0.4) is 0 Å². The van der Waals surface area contributed by atoms with E-state index in [0.717, 1.165) is 0 Å². The maximum Gasteiger partial charge on any atom is 0.243 e. The molecule has 1 atom stereocenters. The first kappa shape index (κ1) is 28.5. The molecule has 0 saturated carbocycles. The summed E-state index contributed by atoms with van der Waals surface area (Å²) in [6, 6.07) is 13.2. The number of hydrogen-bond donors (Lipinski definition) is 1. The lowest BCUT2D eigenvalue weighted by Gasteiger charge is -2.33. The van der Waals surface area contributed by atoms with Gasteiger partial charge in [-0.2, -0.15) is 0 Å². The van der Waals surface area contributed by atoms with Crippen LogP contribution in [-0.4, -0.2) is 54.6 Å². The fourth-order valence-electron chi connectivity index (χ4n) is 3.65. The topological polar surface area (TPSA) is 86.8 Å². The van der Waals surface area contributed by atoms with E-state index in [1.54, 1.807) is 30.3 Å². The van der Waals surface area contributed by atoms with Gasteiger partial charge in [-0.1, -0.05) is 37.3 Å². The van der Waals surface area contributed by atoms with Crippen LogP contribution in [0.1, 0.15) is 52.5 Å². The molecule has 0 fully saturated rings. The van der Waals surface area contributed by atoms with Crippen molar-refractivity contribution < 1.29 is 22.4 Å². The molecule has 0 aliphatic rings. The van der Waals surface area contributed by atoms with E-state index >= 15 is 0 Å². The highest BCUT2D eigenvalue weighted by atomic mass is 32.2. The van der Waals surface area contributed by atoms with Gasteiger partial charge in [-0.05, 0) is 63.4 Å². The number of carbonyl (C=O) groups is 2. The summed E-state index contributed by atoms with van der Waals surface area (Å²) < 4.78 is 40.1. The first-order chi connectivity index (χ1) is 16.3. The third-order valence-corrected chi connectivity index (χ3v) is 7.34. The molecule has 7 nitrogen and oxygen atoms in total. The molecule has 2 rings (SSSR count). The summed E-state index contributed by atoms with van der Waals surface area (Å²) in [5.74, 6) is -0.915. The van der Waals surface area contributed by atoms with Crippen LogP contribution in [0.4, 0.5) is 4.39 Å². The SMILES string of the molecule is CC[C@@H](C(=O)NC(C)(C)C)N(Cc1ccc(F)cc1)C(=O)CCCN(C)S(=O)(=O)c1ccccc1. The summed E-state index contributed by atoms with van der Waals surface area (Å²) in [5.41, 5.74) is 0.231. The van der Waals surface area contributed by atoms with Crippen molar-refractivity contribution in [3.8, 4) is 0 Å². The van der Waals surface area contributed by atoms with E-state index in [1.807, 2.05) is 27.7 Å². The first-order valence-corrected chi connectivity index (χ1v) is 13.2. The number of hydrogen-bond acceptors (Lipinski definition) is 4. The van der Waals surface area contributed by atoms with E-state index in [-0.39, 0.29) is 42.0 Å². The van der Waals surface area contributed by atoms with Gasteiger partial charge in [0.2, 0.25) is 21.8 Å². The van der Waals surface area contributed by atoms with Crippen molar-refractivity contribution in [3.05, 3.63) is 66.0 Å². The van der Waals surface area contributed by atoms with Gasteiger partial charge in [-0.15, -0.1) is 0 Å². The Morgan fingerprint density at radius 2 is 1.63 bits per heavy atom. The van der Waals surface area contributed by atoms with Gasteiger partial charge in [-0.3, -0.25) is 9.59 Å². The molecule has 0 heterocycles. The predicted molar refractivity (Wildman–Crippen MR) is 134 cm³/mol. The van der Waals surface area contributed by atoms with E-state index in [4.69, 9.17) is 0 Å². The molecule has 0 aliphatic carbocycles. The van der Waals surface area contributed by atoms with Gasteiger partial charge < -0.3 is 10.2 Å². The van der Waals surface area contributed by atoms with Crippen molar-refractivity contribution in [2.75, 3.05) is 13.6 Å². The molecule has 0 radical (unpaired) electrons. The first-order valence-electron chi connectivity index (χ1n) is 11.7. The summed E-state index contributed by atoms with van der Waals surface area (Å²) >= 11 is 0. The maximum atomic E-state index is 13.4. The van der Waals surface area contributed by atoms with Crippen molar-refractivity contribution in [1.82, 2.24) is 14.5 Å². The zero-order chi connectivity index (χ0) is 26.2. The Bertz CT molecular complexity index is 1080. The largest absolute Gasteiger partial charge is 0.350 e. The fourth-order valence-corrected chi connectivity index (χ4v) is 4.88. The molecule has 0 aromatic heterocycles. The van der Waals surface area contributed by atoms with Crippen LogP contribution in [0.2, 0.25) is 0 Å². The number of amides is 2. The van der Waals surface area contributed by atoms with Crippen LogP contribution in [-0.2, 0) is 26.2 Å². The molecule has 0 aliphatic heterocycles. The van der Waals surface area contributed by atoms with Crippen molar-refractivity contribution in [3.63, 3.8) is 0 Å². The third-order valence-electron chi connectivity index (χ3n) is 5.47. The van der Waals surface area contributed by atoms with E-state index < -0.39 is 21.6 Å². The number of halogens is 1. The average Bonchev–Trinajstić information content (AvgIpc) is 2.79. The molecule has 2 aromatic carbocycles. The Hall–Kier alpha value is -2.78. The minimum Gasteiger partial charge on any atom is -0.350 e. The van der Waals surface area contributed by atoms with Crippen molar-refractivity contribution >= 4 is 21.8 Å². The van der Waals surface area contributed by atoms with Crippen LogP contribution in [0.25, 0.3) is 0 Å². The fraction of sp³-hybridized carbons (Fsp3) is 0.462. The van der Waals surface area contributed by atoms with Crippen LogP contribution in [0, 0.1) is 5.82 Å². The summed E-state index contributed by atoms with van der Waals surface area (Å²) in [6.45, 7) is 7.73. The standard InChI is InChI=1S/C26H36FN3O4S/c1-6-23(25(32)28-26(2,3)4)30(19-20-14-16-21(27)17-15-20)24(31)13-10-18-29(5)35(33,34)22-11-8-7-9-12-22/h7-9,11-12,14-17,23H,6,10,13,18-19H2,1-5H3,(H,28,32)/t23-/m0/s1. The average molecular weight is 506 g/mol. The second kappa shape index (κ2) is 12.3. The second-order valence-corrected chi connectivity index (χ2v) is 11.6. The number of benzene rings is 2. The predicted octanol–water partition coefficient (Wildman–Crippen LogP) is 3.95. The van der Waals surface area contributed by atoms with Gasteiger partial charge >= 0.3 is 0 Å². The summed E-state index contributed by atoms with van der Waals surface area (Å²) in [5, 5.41) is 2.93. The maximum absolute atomic E-state index is 13.4.